The molecule has 3 aromatic carbocycles. The van der Waals surface area contributed by atoms with Gasteiger partial charge in [0.25, 0.3) is 0 Å². The van der Waals surface area contributed by atoms with Gasteiger partial charge in [0.05, 0.1) is 7.11 Å². The molecule has 1 N–H and O–H groups in total. The zero-order chi connectivity index (χ0) is 15.4. The first kappa shape index (κ1) is 14.6. The van der Waals surface area contributed by atoms with Crippen LogP contribution in [0.2, 0.25) is 0 Å². The van der Waals surface area contributed by atoms with Crippen molar-refractivity contribution < 1.29 is 9.84 Å². The van der Waals surface area contributed by atoms with E-state index in [1.807, 2.05) is 48.5 Å². The highest BCUT2D eigenvalue weighted by atomic mass is 31.1. The summed E-state index contributed by atoms with van der Waals surface area (Å²) in [5.74, 6) is 1.06. The fourth-order valence-electron chi connectivity index (χ4n) is 2.43. The third-order valence-corrected chi connectivity index (χ3v) is 5.89. The second kappa shape index (κ2) is 6.64. The van der Waals surface area contributed by atoms with Crippen molar-refractivity contribution in [2.24, 2.45) is 0 Å². The minimum Gasteiger partial charge on any atom is -0.508 e. The summed E-state index contributed by atoms with van der Waals surface area (Å²) >= 11 is 0. The zero-order valence-electron chi connectivity index (χ0n) is 12.3. The Kier molecular flexibility index (Phi) is 4.41. The maximum atomic E-state index is 9.93. The predicted octanol–water partition coefficient (Wildman–Crippen LogP) is 3.16. The second-order valence-corrected chi connectivity index (χ2v) is 7.05. The van der Waals surface area contributed by atoms with Crippen LogP contribution >= 0.6 is 7.92 Å². The van der Waals surface area contributed by atoms with Crippen LogP contribution in [0.3, 0.4) is 0 Å². The molecule has 0 aliphatic heterocycles. The lowest BCUT2D eigenvalue weighted by molar-refractivity contribution is 0.416. The van der Waals surface area contributed by atoms with Gasteiger partial charge >= 0.3 is 0 Å². The molecule has 0 heterocycles. The summed E-state index contributed by atoms with van der Waals surface area (Å²) in [6.45, 7) is 0. The van der Waals surface area contributed by atoms with Crippen LogP contribution in [0.5, 0.6) is 11.5 Å². The second-order valence-electron chi connectivity index (χ2n) is 4.86. The van der Waals surface area contributed by atoms with Gasteiger partial charge < -0.3 is 9.84 Å². The van der Waals surface area contributed by atoms with E-state index in [1.165, 1.54) is 10.6 Å². The van der Waals surface area contributed by atoms with Gasteiger partial charge in [-0.3, -0.25) is 0 Å². The quantitative estimate of drug-likeness (QED) is 0.750. The highest BCUT2D eigenvalue weighted by molar-refractivity contribution is 7.80. The van der Waals surface area contributed by atoms with Gasteiger partial charge in [0.1, 0.15) is 11.5 Å². The number of methoxy groups -OCH3 is 1. The molecule has 3 rings (SSSR count). The maximum absolute atomic E-state index is 9.93. The van der Waals surface area contributed by atoms with Crippen molar-refractivity contribution in [3.05, 3.63) is 78.9 Å². The first-order chi connectivity index (χ1) is 10.8. The third-order valence-electron chi connectivity index (χ3n) is 3.43. The molecule has 22 heavy (non-hydrogen) atoms. The Morgan fingerprint density at radius 1 is 0.773 bits per heavy atom. The van der Waals surface area contributed by atoms with Crippen molar-refractivity contribution in [2.45, 2.75) is 0 Å². The number of benzene rings is 3. The number of aromatic hydroxyl groups is 1. The lowest BCUT2D eigenvalue weighted by atomic mass is 10.3. The van der Waals surface area contributed by atoms with Crippen LogP contribution in [0.25, 0.3) is 0 Å². The van der Waals surface area contributed by atoms with E-state index in [1.54, 1.807) is 13.2 Å². The number of phenols is 1. The SMILES string of the molecule is COc1ccc(O)cc1P(c1ccccc1)c1ccccc1. The molecule has 0 aliphatic rings. The van der Waals surface area contributed by atoms with Crippen molar-refractivity contribution in [1.82, 2.24) is 0 Å². The van der Waals surface area contributed by atoms with Crippen LogP contribution < -0.4 is 20.7 Å². The lowest BCUT2D eigenvalue weighted by Crippen LogP contribution is -2.21. The normalized spacial score (nSPS) is 10.6. The summed E-state index contributed by atoms with van der Waals surface area (Å²) in [6, 6.07) is 26.0. The smallest absolute Gasteiger partial charge is 0.127 e. The standard InChI is InChI=1S/C19H17O2P/c1-21-18-13-12-15(20)14-19(18)22(16-8-4-2-5-9-16)17-10-6-3-7-11-17/h2-14,20H,1H3. The van der Waals surface area contributed by atoms with Gasteiger partial charge in [-0.15, -0.1) is 0 Å². The van der Waals surface area contributed by atoms with Crippen LogP contribution in [0, 0.1) is 0 Å². The Morgan fingerprint density at radius 2 is 1.32 bits per heavy atom. The number of hydrogen-bond acceptors (Lipinski definition) is 2. The first-order valence-electron chi connectivity index (χ1n) is 7.07. The molecule has 3 aromatic rings. The largest absolute Gasteiger partial charge is 0.508 e. The Morgan fingerprint density at radius 3 is 1.82 bits per heavy atom. The highest BCUT2D eigenvalue weighted by Gasteiger charge is 2.20. The summed E-state index contributed by atoms with van der Waals surface area (Å²) in [6.07, 6.45) is 0. The van der Waals surface area contributed by atoms with Crippen molar-refractivity contribution in [1.29, 1.82) is 0 Å². The molecule has 0 radical (unpaired) electrons. The first-order valence-corrected chi connectivity index (χ1v) is 8.41. The summed E-state index contributed by atoms with van der Waals surface area (Å²) in [7, 11) is 0.892. The summed E-state index contributed by atoms with van der Waals surface area (Å²) in [5, 5.41) is 13.4. The van der Waals surface area contributed by atoms with Gasteiger partial charge in [0, 0.05) is 5.30 Å². The number of hydrogen-bond donors (Lipinski definition) is 1. The average molecular weight is 308 g/mol. The summed E-state index contributed by atoms with van der Waals surface area (Å²) < 4.78 is 5.53. The number of ether oxygens (including phenoxy) is 1. The Labute approximate surface area is 131 Å². The molecule has 0 amide bonds. The minimum atomic E-state index is -0.774. The van der Waals surface area contributed by atoms with Gasteiger partial charge in [0.15, 0.2) is 0 Å². The fourth-order valence-corrected chi connectivity index (χ4v) is 4.88. The van der Waals surface area contributed by atoms with Crippen molar-refractivity contribution in [3.8, 4) is 11.5 Å². The monoisotopic (exact) mass is 308 g/mol. The molecule has 0 fully saturated rings. The van der Waals surface area contributed by atoms with Crippen LogP contribution in [0.4, 0.5) is 0 Å². The Balaban J connectivity index is 2.21. The summed E-state index contributed by atoms with van der Waals surface area (Å²) in [4.78, 5) is 0. The minimum absolute atomic E-state index is 0.259. The van der Waals surface area contributed by atoms with Gasteiger partial charge in [-0.1, -0.05) is 60.7 Å². The van der Waals surface area contributed by atoms with Crippen molar-refractivity contribution in [2.75, 3.05) is 7.11 Å². The van der Waals surface area contributed by atoms with E-state index < -0.39 is 7.92 Å². The van der Waals surface area contributed by atoms with Gasteiger partial charge in [-0.05, 0) is 36.7 Å². The Bertz CT molecular complexity index is 702. The maximum Gasteiger partial charge on any atom is 0.127 e. The lowest BCUT2D eigenvalue weighted by Gasteiger charge is -2.21. The van der Waals surface area contributed by atoms with E-state index in [4.69, 9.17) is 4.74 Å². The van der Waals surface area contributed by atoms with Gasteiger partial charge in [-0.25, -0.2) is 0 Å². The van der Waals surface area contributed by atoms with Crippen molar-refractivity contribution >= 4 is 23.8 Å². The van der Waals surface area contributed by atoms with Crippen molar-refractivity contribution in [3.63, 3.8) is 0 Å². The predicted molar refractivity (Wildman–Crippen MR) is 93.4 cm³/mol. The van der Waals surface area contributed by atoms with Crippen LogP contribution in [-0.4, -0.2) is 12.2 Å². The zero-order valence-corrected chi connectivity index (χ0v) is 13.2. The van der Waals surface area contributed by atoms with E-state index in [9.17, 15) is 5.11 Å². The van der Waals surface area contributed by atoms with Crippen LogP contribution in [0.1, 0.15) is 0 Å². The molecule has 110 valence electrons. The molecule has 0 unspecified atom stereocenters. The molecular weight excluding hydrogens is 291 g/mol. The van der Waals surface area contributed by atoms with E-state index in [0.717, 1.165) is 11.1 Å². The highest BCUT2D eigenvalue weighted by Crippen LogP contribution is 2.37. The molecule has 3 heteroatoms. The van der Waals surface area contributed by atoms with Gasteiger partial charge in [0.2, 0.25) is 0 Å². The summed E-state index contributed by atoms with van der Waals surface area (Å²) in [5.41, 5.74) is 0. The number of phenolic OH excluding ortho intramolecular Hbond substituents is 1. The molecule has 0 spiro atoms. The van der Waals surface area contributed by atoms with E-state index >= 15 is 0 Å². The topological polar surface area (TPSA) is 29.5 Å². The molecule has 2 nitrogen and oxygen atoms in total. The molecule has 0 bridgehead atoms. The molecular formula is C19H17O2P. The Hall–Kier alpha value is -2.31. The molecule has 0 saturated carbocycles. The average Bonchev–Trinajstić information content (AvgIpc) is 2.57. The van der Waals surface area contributed by atoms with Gasteiger partial charge in [-0.2, -0.15) is 0 Å². The molecule has 0 aromatic heterocycles. The third kappa shape index (κ3) is 2.98. The molecule has 0 aliphatic carbocycles. The number of rotatable bonds is 4. The molecule has 0 saturated heterocycles. The van der Waals surface area contributed by atoms with Crippen LogP contribution in [-0.2, 0) is 0 Å². The van der Waals surface area contributed by atoms with E-state index in [2.05, 4.69) is 24.3 Å². The van der Waals surface area contributed by atoms with E-state index in [0.29, 0.717) is 0 Å². The van der Waals surface area contributed by atoms with Crippen LogP contribution in [0.15, 0.2) is 78.9 Å². The molecule has 0 atom stereocenters. The fraction of sp³-hybridized carbons (Fsp3) is 0.0526. The van der Waals surface area contributed by atoms with E-state index in [-0.39, 0.29) is 5.75 Å².